The summed E-state index contributed by atoms with van der Waals surface area (Å²) in [4.78, 5) is 10.9. The van der Waals surface area contributed by atoms with Crippen molar-refractivity contribution in [3.05, 3.63) is 34.9 Å². The standard InChI is InChI=1S/C10H7F2NO3/c1-16-10(15)9(14)6-2-5(4-13)7(11)3-8(6)12/h2-3,9,14H,1H3. The molecule has 0 saturated carbocycles. The Balaban J connectivity index is 3.25. The van der Waals surface area contributed by atoms with Crippen LogP contribution < -0.4 is 0 Å². The van der Waals surface area contributed by atoms with Gasteiger partial charge in [0.15, 0.2) is 6.10 Å². The number of carbonyl (C=O) groups excluding carboxylic acids is 1. The van der Waals surface area contributed by atoms with Crippen molar-refractivity contribution in [3.63, 3.8) is 0 Å². The van der Waals surface area contributed by atoms with Crippen LogP contribution in [0.15, 0.2) is 12.1 Å². The fraction of sp³-hybridized carbons (Fsp3) is 0.200. The largest absolute Gasteiger partial charge is 0.467 e. The molecule has 0 aliphatic carbocycles. The van der Waals surface area contributed by atoms with Crippen LogP contribution >= 0.6 is 0 Å². The number of methoxy groups -OCH3 is 1. The molecule has 0 aliphatic rings. The molecule has 0 amide bonds. The molecule has 0 bridgehead atoms. The zero-order chi connectivity index (χ0) is 12.3. The molecule has 1 aromatic rings. The fourth-order valence-corrected chi connectivity index (χ4v) is 1.10. The summed E-state index contributed by atoms with van der Waals surface area (Å²) >= 11 is 0. The van der Waals surface area contributed by atoms with Crippen LogP contribution in [0.5, 0.6) is 0 Å². The first-order chi connectivity index (χ1) is 7.51. The average Bonchev–Trinajstić information content (AvgIpc) is 2.27. The van der Waals surface area contributed by atoms with Gasteiger partial charge in [0, 0.05) is 11.6 Å². The van der Waals surface area contributed by atoms with Crippen molar-refractivity contribution in [1.29, 1.82) is 5.26 Å². The van der Waals surface area contributed by atoms with Crippen LogP contribution in [0.1, 0.15) is 17.2 Å². The van der Waals surface area contributed by atoms with Crippen molar-refractivity contribution < 1.29 is 23.4 Å². The quantitative estimate of drug-likeness (QED) is 0.766. The molecular formula is C10H7F2NO3. The summed E-state index contributed by atoms with van der Waals surface area (Å²) in [6.07, 6.45) is -1.88. The van der Waals surface area contributed by atoms with Crippen molar-refractivity contribution in [2.75, 3.05) is 7.11 Å². The number of nitriles is 1. The number of hydrogen-bond donors (Lipinski definition) is 1. The Bertz CT molecular complexity index is 468. The van der Waals surface area contributed by atoms with E-state index in [9.17, 15) is 18.7 Å². The predicted molar refractivity (Wildman–Crippen MR) is 48.0 cm³/mol. The maximum absolute atomic E-state index is 13.2. The van der Waals surface area contributed by atoms with E-state index >= 15 is 0 Å². The highest BCUT2D eigenvalue weighted by atomic mass is 19.1. The van der Waals surface area contributed by atoms with Crippen molar-refractivity contribution in [2.45, 2.75) is 6.10 Å². The number of aliphatic hydroxyl groups excluding tert-OH is 1. The summed E-state index contributed by atoms with van der Waals surface area (Å²) in [5.74, 6) is -3.26. The average molecular weight is 227 g/mol. The molecule has 1 rings (SSSR count). The van der Waals surface area contributed by atoms with Gasteiger partial charge in [0.25, 0.3) is 0 Å². The predicted octanol–water partition coefficient (Wildman–Crippen LogP) is 1.04. The highest BCUT2D eigenvalue weighted by molar-refractivity contribution is 5.76. The second-order valence-corrected chi connectivity index (χ2v) is 2.89. The smallest absolute Gasteiger partial charge is 0.339 e. The van der Waals surface area contributed by atoms with E-state index in [1.54, 1.807) is 0 Å². The number of halogens is 2. The lowest BCUT2D eigenvalue weighted by Crippen LogP contribution is -2.15. The van der Waals surface area contributed by atoms with Crippen LogP contribution in [-0.2, 0) is 9.53 Å². The topological polar surface area (TPSA) is 70.3 Å². The highest BCUT2D eigenvalue weighted by Gasteiger charge is 2.23. The third-order valence-electron chi connectivity index (χ3n) is 1.93. The van der Waals surface area contributed by atoms with Gasteiger partial charge in [-0.2, -0.15) is 5.26 Å². The van der Waals surface area contributed by atoms with Gasteiger partial charge in [0.2, 0.25) is 0 Å². The minimum Gasteiger partial charge on any atom is -0.467 e. The third-order valence-corrected chi connectivity index (χ3v) is 1.93. The Kier molecular flexibility index (Phi) is 3.53. The van der Waals surface area contributed by atoms with Gasteiger partial charge in [-0.1, -0.05) is 0 Å². The Labute approximate surface area is 89.7 Å². The molecule has 6 heteroatoms. The van der Waals surface area contributed by atoms with Crippen LogP contribution in [0.3, 0.4) is 0 Å². The molecule has 0 aromatic heterocycles. The number of nitrogens with zero attached hydrogens (tertiary/aromatic N) is 1. The van der Waals surface area contributed by atoms with Gasteiger partial charge in [-0.3, -0.25) is 0 Å². The van der Waals surface area contributed by atoms with Gasteiger partial charge in [0.1, 0.15) is 17.7 Å². The van der Waals surface area contributed by atoms with Crippen LogP contribution in [0.25, 0.3) is 0 Å². The first-order valence-electron chi connectivity index (χ1n) is 4.16. The van der Waals surface area contributed by atoms with Gasteiger partial charge in [0.05, 0.1) is 12.7 Å². The second-order valence-electron chi connectivity index (χ2n) is 2.89. The van der Waals surface area contributed by atoms with Gasteiger partial charge in [-0.25, -0.2) is 13.6 Å². The summed E-state index contributed by atoms with van der Waals surface area (Å²) in [5.41, 5.74) is -0.954. The molecule has 0 heterocycles. The van der Waals surface area contributed by atoms with E-state index in [0.29, 0.717) is 6.07 Å². The molecule has 0 saturated heterocycles. The minimum atomic E-state index is -1.88. The van der Waals surface area contributed by atoms with Crippen LogP contribution in [0.2, 0.25) is 0 Å². The number of benzene rings is 1. The summed E-state index contributed by atoms with van der Waals surface area (Å²) < 4.78 is 30.3. The van der Waals surface area contributed by atoms with E-state index in [2.05, 4.69) is 4.74 Å². The summed E-state index contributed by atoms with van der Waals surface area (Å²) in [6, 6.07) is 2.67. The first kappa shape index (κ1) is 12.1. The van der Waals surface area contributed by atoms with E-state index < -0.39 is 34.8 Å². The highest BCUT2D eigenvalue weighted by Crippen LogP contribution is 2.21. The molecule has 16 heavy (non-hydrogen) atoms. The molecular weight excluding hydrogens is 220 g/mol. The molecule has 1 N–H and O–H groups in total. The van der Waals surface area contributed by atoms with Gasteiger partial charge in [-0.05, 0) is 6.07 Å². The normalized spacial score (nSPS) is 11.7. The van der Waals surface area contributed by atoms with Gasteiger partial charge >= 0.3 is 5.97 Å². The minimum absolute atomic E-state index is 0.431. The molecule has 0 radical (unpaired) electrons. The number of hydrogen-bond acceptors (Lipinski definition) is 4. The fourth-order valence-electron chi connectivity index (χ4n) is 1.10. The Morgan fingerprint density at radius 2 is 2.12 bits per heavy atom. The first-order valence-corrected chi connectivity index (χ1v) is 4.16. The van der Waals surface area contributed by atoms with Crippen molar-refractivity contribution in [1.82, 2.24) is 0 Å². The van der Waals surface area contributed by atoms with E-state index in [4.69, 9.17) is 5.26 Å². The van der Waals surface area contributed by atoms with Crippen molar-refractivity contribution in [3.8, 4) is 6.07 Å². The van der Waals surface area contributed by atoms with Crippen LogP contribution in [-0.4, -0.2) is 18.2 Å². The molecule has 0 spiro atoms. The van der Waals surface area contributed by atoms with E-state index in [1.807, 2.05) is 0 Å². The SMILES string of the molecule is COC(=O)C(O)c1cc(C#N)c(F)cc1F. The number of aliphatic hydroxyl groups is 1. The lowest BCUT2D eigenvalue weighted by molar-refractivity contribution is -0.150. The molecule has 1 atom stereocenters. The molecule has 0 aliphatic heterocycles. The number of carbonyl (C=O) groups is 1. The van der Waals surface area contributed by atoms with E-state index in [1.165, 1.54) is 6.07 Å². The zero-order valence-corrected chi connectivity index (χ0v) is 8.20. The zero-order valence-electron chi connectivity index (χ0n) is 8.20. The lowest BCUT2D eigenvalue weighted by Gasteiger charge is -2.10. The maximum Gasteiger partial charge on any atom is 0.339 e. The molecule has 84 valence electrons. The Morgan fingerprint density at radius 3 is 2.62 bits per heavy atom. The molecule has 4 nitrogen and oxygen atoms in total. The molecule has 1 aromatic carbocycles. The van der Waals surface area contributed by atoms with Crippen LogP contribution in [0.4, 0.5) is 8.78 Å². The summed E-state index contributed by atoms with van der Waals surface area (Å²) in [5, 5.41) is 17.8. The van der Waals surface area contributed by atoms with Crippen LogP contribution in [0, 0.1) is 23.0 Å². The van der Waals surface area contributed by atoms with Gasteiger partial charge < -0.3 is 9.84 Å². The molecule has 0 fully saturated rings. The molecule has 1 unspecified atom stereocenters. The number of ether oxygens (including phenoxy) is 1. The van der Waals surface area contributed by atoms with Crippen molar-refractivity contribution in [2.24, 2.45) is 0 Å². The van der Waals surface area contributed by atoms with E-state index in [0.717, 1.165) is 13.2 Å². The third kappa shape index (κ3) is 2.15. The Morgan fingerprint density at radius 1 is 1.50 bits per heavy atom. The Hall–Kier alpha value is -2.00. The number of rotatable bonds is 2. The lowest BCUT2D eigenvalue weighted by atomic mass is 10.1. The van der Waals surface area contributed by atoms with Gasteiger partial charge in [-0.15, -0.1) is 0 Å². The number of esters is 1. The van der Waals surface area contributed by atoms with E-state index in [-0.39, 0.29) is 0 Å². The monoisotopic (exact) mass is 227 g/mol. The van der Waals surface area contributed by atoms with Crippen molar-refractivity contribution >= 4 is 5.97 Å². The summed E-state index contributed by atoms with van der Waals surface area (Å²) in [6.45, 7) is 0. The maximum atomic E-state index is 13.2. The summed E-state index contributed by atoms with van der Waals surface area (Å²) in [7, 11) is 1.01. The second kappa shape index (κ2) is 4.68.